The first-order chi connectivity index (χ1) is 8.29. The highest BCUT2D eigenvalue weighted by Gasteiger charge is 2.01. The molecule has 88 valence electrons. The Morgan fingerprint density at radius 3 is 2.71 bits per heavy atom. The Balaban J connectivity index is 2.06. The highest BCUT2D eigenvalue weighted by atomic mass is 79.9. The quantitative estimate of drug-likeness (QED) is 0.878. The van der Waals surface area contributed by atoms with E-state index in [1.54, 1.807) is 11.0 Å². The first-order valence-electron chi connectivity index (χ1n) is 5.10. The van der Waals surface area contributed by atoms with E-state index in [2.05, 4.69) is 31.3 Å². The highest BCUT2D eigenvalue weighted by molar-refractivity contribution is 9.09. The van der Waals surface area contributed by atoms with Crippen molar-refractivity contribution in [1.29, 1.82) is 0 Å². The van der Waals surface area contributed by atoms with Crippen molar-refractivity contribution in [3.8, 4) is 5.69 Å². The molecule has 0 atom stereocenters. The number of carbonyl (C=O) groups is 1. The van der Waals surface area contributed by atoms with Crippen molar-refractivity contribution < 1.29 is 4.79 Å². The Morgan fingerprint density at radius 1 is 1.35 bits per heavy atom. The largest absolute Gasteiger partial charge is 0.326 e. The number of alkyl halides is 1. The van der Waals surface area contributed by atoms with Gasteiger partial charge in [-0.25, -0.2) is 9.67 Å². The van der Waals surface area contributed by atoms with Gasteiger partial charge in [-0.3, -0.25) is 4.79 Å². The summed E-state index contributed by atoms with van der Waals surface area (Å²) in [5, 5.41) is 7.48. The van der Waals surface area contributed by atoms with Gasteiger partial charge in [0.05, 0.1) is 5.69 Å². The molecule has 0 radical (unpaired) electrons. The lowest BCUT2D eigenvalue weighted by molar-refractivity contribution is -0.115. The Labute approximate surface area is 107 Å². The van der Waals surface area contributed by atoms with Gasteiger partial charge in [-0.05, 0) is 24.3 Å². The van der Waals surface area contributed by atoms with Gasteiger partial charge < -0.3 is 5.32 Å². The first-order valence-corrected chi connectivity index (χ1v) is 6.22. The average Bonchev–Trinajstić information content (AvgIpc) is 2.84. The number of anilines is 1. The zero-order chi connectivity index (χ0) is 12.1. The summed E-state index contributed by atoms with van der Waals surface area (Å²) in [5.74, 6) is -0.00428. The zero-order valence-corrected chi connectivity index (χ0v) is 10.6. The number of rotatable bonds is 4. The molecule has 0 aliphatic carbocycles. The molecule has 0 bridgehead atoms. The monoisotopic (exact) mass is 294 g/mol. The van der Waals surface area contributed by atoms with Crippen LogP contribution in [0.25, 0.3) is 5.69 Å². The predicted octanol–water partition coefficient (Wildman–Crippen LogP) is 1.99. The molecule has 0 aliphatic rings. The molecule has 0 spiro atoms. The average molecular weight is 295 g/mol. The van der Waals surface area contributed by atoms with Crippen LogP contribution in [0.2, 0.25) is 0 Å². The lowest BCUT2D eigenvalue weighted by atomic mass is 10.2. The van der Waals surface area contributed by atoms with E-state index in [4.69, 9.17) is 0 Å². The van der Waals surface area contributed by atoms with Gasteiger partial charge in [0, 0.05) is 17.4 Å². The van der Waals surface area contributed by atoms with Gasteiger partial charge in [-0.1, -0.05) is 15.9 Å². The van der Waals surface area contributed by atoms with Gasteiger partial charge in [-0.15, -0.1) is 0 Å². The van der Waals surface area contributed by atoms with E-state index in [0.717, 1.165) is 11.4 Å². The maximum Gasteiger partial charge on any atom is 0.225 e. The van der Waals surface area contributed by atoms with Gasteiger partial charge in [0.15, 0.2) is 0 Å². The molecule has 2 rings (SSSR count). The topological polar surface area (TPSA) is 59.8 Å². The molecule has 5 nitrogen and oxygen atoms in total. The summed E-state index contributed by atoms with van der Waals surface area (Å²) in [5.41, 5.74) is 1.68. The zero-order valence-electron chi connectivity index (χ0n) is 9.01. The van der Waals surface area contributed by atoms with Crippen molar-refractivity contribution in [2.45, 2.75) is 6.42 Å². The maximum atomic E-state index is 11.4. The van der Waals surface area contributed by atoms with Gasteiger partial charge in [0.2, 0.25) is 5.91 Å². The normalized spacial score (nSPS) is 10.2. The summed E-state index contributed by atoms with van der Waals surface area (Å²) < 4.78 is 1.66. The van der Waals surface area contributed by atoms with Crippen LogP contribution in [0, 0.1) is 0 Å². The van der Waals surface area contributed by atoms with Gasteiger partial charge in [0.1, 0.15) is 12.7 Å². The minimum Gasteiger partial charge on any atom is -0.326 e. The smallest absolute Gasteiger partial charge is 0.225 e. The molecule has 1 aromatic carbocycles. The van der Waals surface area contributed by atoms with Crippen LogP contribution in [0.5, 0.6) is 0 Å². The Morgan fingerprint density at radius 2 is 2.12 bits per heavy atom. The molecule has 0 saturated heterocycles. The van der Waals surface area contributed by atoms with E-state index in [0.29, 0.717) is 11.8 Å². The second-order valence-corrected chi connectivity index (χ2v) is 4.17. The fourth-order valence-electron chi connectivity index (χ4n) is 1.35. The molecule has 17 heavy (non-hydrogen) atoms. The summed E-state index contributed by atoms with van der Waals surface area (Å²) in [4.78, 5) is 15.2. The highest BCUT2D eigenvalue weighted by Crippen LogP contribution is 2.12. The molecule has 1 amide bonds. The van der Waals surface area contributed by atoms with Crippen LogP contribution in [0.15, 0.2) is 36.9 Å². The third kappa shape index (κ3) is 3.13. The summed E-state index contributed by atoms with van der Waals surface area (Å²) in [7, 11) is 0. The minimum absolute atomic E-state index is 0.00428. The molecule has 1 N–H and O–H groups in total. The van der Waals surface area contributed by atoms with E-state index < -0.39 is 0 Å². The van der Waals surface area contributed by atoms with E-state index >= 15 is 0 Å². The van der Waals surface area contributed by atoms with Crippen molar-refractivity contribution in [1.82, 2.24) is 14.8 Å². The first kappa shape index (κ1) is 11.8. The number of hydrogen-bond donors (Lipinski definition) is 1. The van der Waals surface area contributed by atoms with Crippen LogP contribution >= 0.6 is 15.9 Å². The van der Waals surface area contributed by atoms with Crippen molar-refractivity contribution in [3.05, 3.63) is 36.9 Å². The molecule has 0 saturated carbocycles. The summed E-state index contributed by atoms with van der Waals surface area (Å²) in [6.07, 6.45) is 3.56. The molecule has 0 aliphatic heterocycles. The van der Waals surface area contributed by atoms with Crippen LogP contribution < -0.4 is 5.32 Å². The Hall–Kier alpha value is -1.69. The number of hydrogen-bond acceptors (Lipinski definition) is 3. The lowest BCUT2D eigenvalue weighted by Gasteiger charge is -2.05. The standard InChI is InChI=1S/C11H11BrN4O/c12-6-5-11(17)15-9-1-3-10(4-2-9)16-8-13-7-14-16/h1-4,7-8H,5-6H2,(H,15,17). The molecule has 1 aromatic heterocycles. The number of nitrogens with zero attached hydrogens (tertiary/aromatic N) is 3. The number of nitrogens with one attached hydrogen (secondary N) is 1. The van der Waals surface area contributed by atoms with Gasteiger partial charge in [0.25, 0.3) is 0 Å². The van der Waals surface area contributed by atoms with Crippen LogP contribution in [0.3, 0.4) is 0 Å². The Bertz CT molecular complexity index is 481. The minimum atomic E-state index is -0.00428. The van der Waals surface area contributed by atoms with E-state index in [9.17, 15) is 4.79 Å². The maximum absolute atomic E-state index is 11.4. The van der Waals surface area contributed by atoms with Gasteiger partial charge in [-0.2, -0.15) is 5.10 Å². The fourth-order valence-corrected chi connectivity index (χ4v) is 1.71. The number of aromatic nitrogens is 3. The molecule has 1 heterocycles. The molecule has 2 aromatic rings. The molecular weight excluding hydrogens is 284 g/mol. The van der Waals surface area contributed by atoms with Crippen LogP contribution in [-0.2, 0) is 4.79 Å². The predicted molar refractivity (Wildman–Crippen MR) is 68.4 cm³/mol. The van der Waals surface area contributed by atoms with E-state index in [1.807, 2.05) is 24.3 Å². The van der Waals surface area contributed by atoms with Gasteiger partial charge >= 0.3 is 0 Å². The number of carbonyl (C=O) groups excluding carboxylic acids is 1. The lowest BCUT2D eigenvalue weighted by Crippen LogP contribution is -2.11. The second kappa shape index (κ2) is 5.58. The third-order valence-corrected chi connectivity index (χ3v) is 2.55. The summed E-state index contributed by atoms with van der Waals surface area (Å²) >= 11 is 3.22. The molecule has 0 unspecified atom stereocenters. The van der Waals surface area contributed by atoms with Crippen molar-refractivity contribution in [2.75, 3.05) is 10.6 Å². The summed E-state index contributed by atoms with van der Waals surface area (Å²) in [6, 6.07) is 7.42. The SMILES string of the molecule is O=C(CCBr)Nc1ccc(-n2cncn2)cc1. The molecule has 6 heteroatoms. The Kier molecular flexibility index (Phi) is 3.87. The fraction of sp³-hybridized carbons (Fsp3) is 0.182. The van der Waals surface area contributed by atoms with Crippen molar-refractivity contribution in [3.63, 3.8) is 0 Å². The number of halogens is 1. The van der Waals surface area contributed by atoms with E-state index in [1.165, 1.54) is 6.33 Å². The van der Waals surface area contributed by atoms with Crippen LogP contribution in [-0.4, -0.2) is 26.0 Å². The van der Waals surface area contributed by atoms with Crippen LogP contribution in [0.4, 0.5) is 5.69 Å². The summed E-state index contributed by atoms with van der Waals surface area (Å²) in [6.45, 7) is 0. The molecular formula is C11H11BrN4O. The number of benzene rings is 1. The van der Waals surface area contributed by atoms with Crippen LogP contribution in [0.1, 0.15) is 6.42 Å². The molecule has 0 fully saturated rings. The van der Waals surface area contributed by atoms with Crippen molar-refractivity contribution in [2.24, 2.45) is 0 Å². The number of amides is 1. The second-order valence-electron chi connectivity index (χ2n) is 3.37. The third-order valence-electron chi connectivity index (χ3n) is 2.16. The van der Waals surface area contributed by atoms with Crippen molar-refractivity contribution >= 4 is 27.5 Å². The van der Waals surface area contributed by atoms with E-state index in [-0.39, 0.29) is 5.91 Å².